The maximum Gasteiger partial charge on any atom is 0.573 e. The molecule has 0 spiro atoms. The van der Waals surface area contributed by atoms with E-state index in [0.29, 0.717) is 12.1 Å². The summed E-state index contributed by atoms with van der Waals surface area (Å²) in [5, 5.41) is 12.6. The van der Waals surface area contributed by atoms with Crippen molar-refractivity contribution in [2.24, 2.45) is 0 Å². The molecular formula is C14H7ClF4N2O4. The van der Waals surface area contributed by atoms with Crippen molar-refractivity contribution in [3.8, 4) is 5.75 Å². The number of amides is 1. The zero-order valence-electron chi connectivity index (χ0n) is 11.9. The summed E-state index contributed by atoms with van der Waals surface area (Å²) in [5.41, 5.74) is -1.24. The minimum atomic E-state index is -4.86. The number of alkyl halides is 3. The SMILES string of the molecule is O=C(Nc1ccc(OC(F)(F)F)cc1)c1cc([N+](=O)[O-])c(F)cc1Cl. The van der Waals surface area contributed by atoms with Gasteiger partial charge in [0.1, 0.15) is 5.75 Å². The fourth-order valence-electron chi connectivity index (χ4n) is 1.79. The van der Waals surface area contributed by atoms with Gasteiger partial charge in [-0.05, 0) is 24.3 Å². The number of carbonyl (C=O) groups excluding carboxylic acids is 1. The number of nitro benzene ring substituents is 1. The van der Waals surface area contributed by atoms with E-state index in [-0.39, 0.29) is 16.3 Å². The van der Waals surface area contributed by atoms with Crippen molar-refractivity contribution in [3.63, 3.8) is 0 Å². The second-order valence-electron chi connectivity index (χ2n) is 4.57. The molecule has 1 N–H and O–H groups in total. The first-order valence-corrected chi connectivity index (χ1v) is 6.75. The van der Waals surface area contributed by atoms with Crippen molar-refractivity contribution in [2.45, 2.75) is 6.36 Å². The Balaban J connectivity index is 2.20. The molecule has 25 heavy (non-hydrogen) atoms. The Bertz CT molecular complexity index is 825. The first-order chi connectivity index (χ1) is 11.6. The summed E-state index contributed by atoms with van der Waals surface area (Å²) in [6.45, 7) is 0. The van der Waals surface area contributed by atoms with Gasteiger partial charge in [-0.1, -0.05) is 11.6 Å². The maximum absolute atomic E-state index is 13.4. The van der Waals surface area contributed by atoms with Crippen LogP contribution >= 0.6 is 11.6 Å². The molecule has 0 aliphatic heterocycles. The molecule has 0 atom stereocenters. The number of nitrogens with one attached hydrogen (secondary N) is 1. The molecular weight excluding hydrogens is 372 g/mol. The van der Waals surface area contributed by atoms with Crippen LogP contribution < -0.4 is 10.1 Å². The van der Waals surface area contributed by atoms with Crippen LogP contribution in [0.5, 0.6) is 5.75 Å². The van der Waals surface area contributed by atoms with Gasteiger partial charge in [0.2, 0.25) is 5.82 Å². The largest absolute Gasteiger partial charge is 0.573 e. The van der Waals surface area contributed by atoms with Crippen molar-refractivity contribution in [3.05, 3.63) is 62.9 Å². The Morgan fingerprint density at radius 1 is 1.20 bits per heavy atom. The Morgan fingerprint density at radius 3 is 2.32 bits per heavy atom. The number of carbonyl (C=O) groups is 1. The van der Waals surface area contributed by atoms with Crippen molar-refractivity contribution in [2.75, 3.05) is 5.32 Å². The van der Waals surface area contributed by atoms with E-state index in [4.69, 9.17) is 11.6 Å². The predicted molar refractivity (Wildman–Crippen MR) is 79.1 cm³/mol. The number of benzene rings is 2. The number of halogens is 5. The van der Waals surface area contributed by atoms with E-state index in [2.05, 4.69) is 10.1 Å². The van der Waals surface area contributed by atoms with Crippen molar-refractivity contribution in [1.82, 2.24) is 0 Å². The van der Waals surface area contributed by atoms with E-state index >= 15 is 0 Å². The van der Waals surface area contributed by atoms with Crippen molar-refractivity contribution in [1.29, 1.82) is 0 Å². The molecule has 0 saturated heterocycles. The van der Waals surface area contributed by atoms with Crippen molar-refractivity contribution >= 4 is 28.9 Å². The van der Waals surface area contributed by atoms with Gasteiger partial charge in [0, 0.05) is 17.8 Å². The molecule has 2 aromatic carbocycles. The first-order valence-electron chi connectivity index (χ1n) is 6.37. The lowest BCUT2D eigenvalue weighted by Gasteiger charge is -2.10. The van der Waals surface area contributed by atoms with Gasteiger partial charge in [-0.2, -0.15) is 4.39 Å². The third-order valence-electron chi connectivity index (χ3n) is 2.82. The maximum atomic E-state index is 13.4. The Kier molecular flexibility index (Phi) is 5.12. The molecule has 0 unspecified atom stereocenters. The van der Waals surface area contributed by atoms with Crippen LogP contribution in [0.25, 0.3) is 0 Å². The minimum Gasteiger partial charge on any atom is -0.406 e. The average molecular weight is 379 g/mol. The summed E-state index contributed by atoms with van der Waals surface area (Å²) in [5.74, 6) is -2.61. The summed E-state index contributed by atoms with van der Waals surface area (Å²) < 4.78 is 53.2. The first kappa shape index (κ1) is 18.5. The number of hydrogen-bond donors (Lipinski definition) is 1. The molecule has 132 valence electrons. The number of nitrogens with zero attached hydrogens (tertiary/aromatic N) is 1. The molecule has 0 aromatic heterocycles. The minimum absolute atomic E-state index is 0.0718. The number of nitro groups is 1. The molecule has 0 heterocycles. The van der Waals surface area contributed by atoms with Crippen LogP contribution in [0.1, 0.15) is 10.4 Å². The summed E-state index contributed by atoms with van der Waals surface area (Å²) in [6.07, 6.45) is -4.86. The van der Waals surface area contributed by atoms with Gasteiger partial charge in [-0.3, -0.25) is 14.9 Å². The molecule has 6 nitrogen and oxygen atoms in total. The van der Waals surface area contributed by atoms with Crippen molar-refractivity contribution < 1.29 is 32.0 Å². The molecule has 0 aliphatic rings. The third kappa shape index (κ3) is 4.80. The molecule has 1 amide bonds. The monoisotopic (exact) mass is 378 g/mol. The van der Waals surface area contributed by atoms with E-state index in [0.717, 1.165) is 24.3 Å². The molecule has 0 bridgehead atoms. The van der Waals surface area contributed by atoms with E-state index in [1.807, 2.05) is 0 Å². The van der Waals surface area contributed by atoms with Gasteiger partial charge < -0.3 is 10.1 Å². The summed E-state index contributed by atoms with van der Waals surface area (Å²) in [6, 6.07) is 5.42. The highest BCUT2D eigenvalue weighted by Gasteiger charge is 2.31. The molecule has 0 fully saturated rings. The van der Waals surface area contributed by atoms with Gasteiger partial charge in [0.25, 0.3) is 5.91 Å². The highest BCUT2D eigenvalue weighted by atomic mass is 35.5. The molecule has 2 aromatic rings. The summed E-state index contributed by atoms with van der Waals surface area (Å²) >= 11 is 5.70. The second-order valence-corrected chi connectivity index (χ2v) is 4.97. The van der Waals surface area contributed by atoms with Crippen LogP contribution in [-0.2, 0) is 0 Å². The molecule has 0 radical (unpaired) electrons. The lowest BCUT2D eigenvalue weighted by molar-refractivity contribution is -0.387. The van der Waals surface area contributed by atoms with E-state index < -0.39 is 34.4 Å². The quantitative estimate of drug-likeness (QED) is 0.481. The number of hydrogen-bond acceptors (Lipinski definition) is 4. The zero-order valence-corrected chi connectivity index (χ0v) is 12.7. The van der Waals surface area contributed by atoms with Crippen LogP contribution in [0.2, 0.25) is 5.02 Å². The van der Waals surface area contributed by atoms with Gasteiger partial charge in [0.05, 0.1) is 15.5 Å². The number of rotatable bonds is 4. The lowest BCUT2D eigenvalue weighted by atomic mass is 10.1. The average Bonchev–Trinajstić information content (AvgIpc) is 2.47. The second kappa shape index (κ2) is 6.93. The topological polar surface area (TPSA) is 81.5 Å². The fraction of sp³-hybridized carbons (Fsp3) is 0.0714. The van der Waals surface area contributed by atoms with E-state index in [1.165, 1.54) is 0 Å². The predicted octanol–water partition coefficient (Wildman–Crippen LogP) is 4.54. The van der Waals surface area contributed by atoms with E-state index in [1.54, 1.807) is 0 Å². The summed E-state index contributed by atoms with van der Waals surface area (Å²) in [7, 11) is 0. The fourth-order valence-corrected chi connectivity index (χ4v) is 2.03. The standard InChI is InChI=1S/C14H7ClF4N2O4/c15-10-6-11(16)12(21(23)24)5-9(10)13(22)20-7-1-3-8(4-2-7)25-14(17,18)19/h1-6H,(H,20,22). The molecule has 0 saturated carbocycles. The highest BCUT2D eigenvalue weighted by molar-refractivity contribution is 6.34. The van der Waals surface area contributed by atoms with Gasteiger partial charge in [-0.15, -0.1) is 13.2 Å². The summed E-state index contributed by atoms with van der Waals surface area (Å²) in [4.78, 5) is 21.8. The number of ether oxygens (including phenoxy) is 1. The third-order valence-corrected chi connectivity index (χ3v) is 3.14. The van der Waals surface area contributed by atoms with Gasteiger partial charge >= 0.3 is 12.0 Å². The smallest absolute Gasteiger partial charge is 0.406 e. The van der Waals surface area contributed by atoms with Crippen LogP contribution in [-0.4, -0.2) is 17.2 Å². The normalized spacial score (nSPS) is 11.1. The Hall–Kier alpha value is -2.88. The Labute approximate surface area is 142 Å². The molecule has 0 aliphatic carbocycles. The van der Waals surface area contributed by atoms with Gasteiger partial charge in [0.15, 0.2) is 0 Å². The highest BCUT2D eigenvalue weighted by Crippen LogP contribution is 2.27. The zero-order chi connectivity index (χ0) is 18.8. The van der Waals surface area contributed by atoms with Crippen LogP contribution in [0, 0.1) is 15.9 Å². The van der Waals surface area contributed by atoms with Crippen LogP contribution in [0.15, 0.2) is 36.4 Å². The van der Waals surface area contributed by atoms with Gasteiger partial charge in [-0.25, -0.2) is 0 Å². The van der Waals surface area contributed by atoms with Crippen LogP contribution in [0.3, 0.4) is 0 Å². The Morgan fingerprint density at radius 2 is 1.80 bits per heavy atom. The number of anilines is 1. The molecule has 2 rings (SSSR count). The lowest BCUT2D eigenvalue weighted by Crippen LogP contribution is -2.17. The molecule has 11 heteroatoms. The van der Waals surface area contributed by atoms with E-state index in [9.17, 15) is 32.5 Å². The van der Waals surface area contributed by atoms with Crippen LogP contribution in [0.4, 0.5) is 28.9 Å².